The van der Waals surface area contributed by atoms with E-state index in [1.807, 2.05) is 31.2 Å². The normalized spacial score (nSPS) is 10.4. The first-order valence-corrected chi connectivity index (χ1v) is 7.65. The molecule has 3 aromatic rings. The Bertz CT molecular complexity index is 872. The van der Waals surface area contributed by atoms with Gasteiger partial charge in [0.25, 0.3) is 0 Å². The molecular weight excluding hydrogens is 294 g/mol. The van der Waals surface area contributed by atoms with Gasteiger partial charge in [-0.3, -0.25) is 0 Å². The van der Waals surface area contributed by atoms with Crippen LogP contribution >= 0.6 is 11.3 Å². The molecule has 0 aliphatic carbocycles. The molecule has 3 nitrogen and oxygen atoms in total. The number of carbonyl (C=O) groups is 1. The monoisotopic (exact) mass is 307 g/mol. The first-order chi connectivity index (χ1) is 10.7. The molecule has 0 spiro atoms. The van der Waals surface area contributed by atoms with Crippen LogP contribution in [0.1, 0.15) is 26.4 Å². The van der Waals surface area contributed by atoms with Crippen molar-refractivity contribution in [2.24, 2.45) is 0 Å². The van der Waals surface area contributed by atoms with Crippen LogP contribution in [-0.2, 0) is 11.3 Å². The Kier molecular flexibility index (Phi) is 3.90. The molecule has 0 aliphatic heterocycles. The number of benzene rings is 2. The summed E-state index contributed by atoms with van der Waals surface area (Å²) in [5.41, 5.74) is 2.42. The summed E-state index contributed by atoms with van der Waals surface area (Å²) in [5.74, 6) is -0.303. The van der Waals surface area contributed by atoms with Gasteiger partial charge < -0.3 is 4.74 Å². The Labute approximate surface area is 132 Å². The molecule has 0 N–H and O–H groups in total. The molecule has 0 saturated heterocycles. The summed E-state index contributed by atoms with van der Waals surface area (Å²) in [6, 6.07) is 17.0. The maximum Gasteiger partial charge on any atom is 0.348 e. The lowest BCUT2D eigenvalue weighted by atomic mass is 10.1. The summed E-state index contributed by atoms with van der Waals surface area (Å²) in [7, 11) is 0. The fraction of sp³-hybridized carbons (Fsp3) is 0.111. The lowest BCUT2D eigenvalue weighted by Crippen LogP contribution is -2.04. The van der Waals surface area contributed by atoms with Crippen molar-refractivity contribution in [3.63, 3.8) is 0 Å². The number of carbonyl (C=O) groups excluding carboxylic acids is 1. The highest BCUT2D eigenvalue weighted by Gasteiger charge is 2.16. The van der Waals surface area contributed by atoms with Gasteiger partial charge in [-0.15, -0.1) is 11.3 Å². The smallest absolute Gasteiger partial charge is 0.348 e. The summed E-state index contributed by atoms with van der Waals surface area (Å²) in [4.78, 5) is 12.9. The number of rotatable bonds is 3. The zero-order valence-corrected chi connectivity index (χ0v) is 12.8. The molecule has 0 amide bonds. The molecule has 3 rings (SSSR count). The van der Waals surface area contributed by atoms with Gasteiger partial charge in [-0.2, -0.15) is 5.26 Å². The molecule has 4 heteroatoms. The SMILES string of the molecule is Cc1c(C(=O)OCc2ccc(C#N)cc2)sc2ccccc12. The van der Waals surface area contributed by atoms with E-state index in [9.17, 15) is 4.79 Å². The third kappa shape index (κ3) is 2.72. The number of nitriles is 1. The maximum atomic E-state index is 12.3. The Hall–Kier alpha value is -2.64. The van der Waals surface area contributed by atoms with E-state index in [1.165, 1.54) is 11.3 Å². The number of esters is 1. The van der Waals surface area contributed by atoms with Crippen LogP contribution in [-0.4, -0.2) is 5.97 Å². The van der Waals surface area contributed by atoms with Gasteiger partial charge in [0.05, 0.1) is 11.6 Å². The minimum absolute atomic E-state index is 0.207. The Morgan fingerprint density at radius 1 is 1.18 bits per heavy atom. The first-order valence-electron chi connectivity index (χ1n) is 6.83. The fourth-order valence-electron chi connectivity index (χ4n) is 2.26. The van der Waals surface area contributed by atoms with Crippen LogP contribution in [0, 0.1) is 18.3 Å². The first kappa shape index (κ1) is 14.3. The average molecular weight is 307 g/mol. The molecule has 0 bridgehead atoms. The minimum atomic E-state index is -0.303. The van der Waals surface area contributed by atoms with Crippen LogP contribution < -0.4 is 0 Å². The van der Waals surface area contributed by atoms with Crippen molar-refractivity contribution in [2.75, 3.05) is 0 Å². The molecule has 0 unspecified atom stereocenters. The zero-order valence-electron chi connectivity index (χ0n) is 12.0. The number of nitrogens with zero attached hydrogens (tertiary/aromatic N) is 1. The largest absolute Gasteiger partial charge is 0.457 e. The number of hydrogen-bond acceptors (Lipinski definition) is 4. The Balaban J connectivity index is 1.75. The lowest BCUT2D eigenvalue weighted by molar-refractivity contribution is 0.0478. The van der Waals surface area contributed by atoms with Crippen LogP contribution in [0.15, 0.2) is 48.5 Å². The van der Waals surface area contributed by atoms with Gasteiger partial charge in [-0.25, -0.2) is 4.79 Å². The molecule has 22 heavy (non-hydrogen) atoms. The second-order valence-electron chi connectivity index (χ2n) is 4.94. The van der Waals surface area contributed by atoms with Crippen molar-refractivity contribution < 1.29 is 9.53 Å². The summed E-state index contributed by atoms with van der Waals surface area (Å²) in [6.45, 7) is 2.15. The maximum absolute atomic E-state index is 12.3. The lowest BCUT2D eigenvalue weighted by Gasteiger charge is -2.04. The molecule has 0 fully saturated rings. The third-order valence-electron chi connectivity index (χ3n) is 3.48. The molecule has 0 saturated carbocycles. The van der Waals surface area contributed by atoms with E-state index >= 15 is 0 Å². The van der Waals surface area contributed by atoms with Crippen molar-refractivity contribution in [3.8, 4) is 6.07 Å². The van der Waals surface area contributed by atoms with E-state index in [-0.39, 0.29) is 12.6 Å². The number of thiophene rings is 1. The van der Waals surface area contributed by atoms with Crippen LogP contribution in [0.25, 0.3) is 10.1 Å². The third-order valence-corrected chi connectivity index (χ3v) is 4.73. The van der Waals surface area contributed by atoms with Crippen molar-refractivity contribution in [1.82, 2.24) is 0 Å². The van der Waals surface area contributed by atoms with Gasteiger partial charge in [-0.05, 0) is 41.6 Å². The van der Waals surface area contributed by atoms with E-state index in [0.29, 0.717) is 10.4 Å². The fourth-order valence-corrected chi connectivity index (χ4v) is 3.36. The number of hydrogen-bond donors (Lipinski definition) is 0. The summed E-state index contributed by atoms with van der Waals surface area (Å²) < 4.78 is 6.47. The zero-order chi connectivity index (χ0) is 15.5. The molecule has 0 radical (unpaired) electrons. The van der Waals surface area contributed by atoms with Crippen molar-refractivity contribution in [1.29, 1.82) is 5.26 Å². The van der Waals surface area contributed by atoms with Crippen molar-refractivity contribution in [2.45, 2.75) is 13.5 Å². The predicted octanol–water partition coefficient (Wildman–Crippen LogP) is 4.44. The molecule has 108 valence electrons. The molecule has 0 atom stereocenters. The van der Waals surface area contributed by atoms with E-state index in [4.69, 9.17) is 10.00 Å². The number of fused-ring (bicyclic) bond motifs is 1. The van der Waals surface area contributed by atoms with Gasteiger partial charge >= 0.3 is 5.97 Å². The van der Waals surface area contributed by atoms with Crippen LogP contribution in [0.4, 0.5) is 0 Å². The van der Waals surface area contributed by atoms with Crippen molar-refractivity contribution in [3.05, 3.63) is 70.1 Å². The van der Waals surface area contributed by atoms with Crippen LogP contribution in [0.5, 0.6) is 0 Å². The quantitative estimate of drug-likeness (QED) is 0.672. The molecule has 1 heterocycles. The molecule has 2 aromatic carbocycles. The van der Waals surface area contributed by atoms with Gasteiger partial charge in [0.2, 0.25) is 0 Å². The second-order valence-corrected chi connectivity index (χ2v) is 5.99. The average Bonchev–Trinajstić information content (AvgIpc) is 2.90. The Morgan fingerprint density at radius 3 is 2.59 bits per heavy atom. The highest BCUT2D eigenvalue weighted by Crippen LogP contribution is 2.31. The van der Waals surface area contributed by atoms with E-state index < -0.39 is 0 Å². The molecular formula is C18H13NO2S. The van der Waals surface area contributed by atoms with E-state index in [2.05, 4.69) is 6.07 Å². The van der Waals surface area contributed by atoms with Crippen LogP contribution in [0.2, 0.25) is 0 Å². The standard InChI is InChI=1S/C18H13NO2S/c1-12-15-4-2-3-5-16(15)22-17(12)18(20)21-11-14-8-6-13(10-19)7-9-14/h2-9H,11H2,1H3. The van der Waals surface area contributed by atoms with Gasteiger partial charge in [0, 0.05) is 4.70 Å². The van der Waals surface area contributed by atoms with Gasteiger partial charge in [0.1, 0.15) is 11.5 Å². The summed E-state index contributed by atoms with van der Waals surface area (Å²) >= 11 is 1.46. The highest BCUT2D eigenvalue weighted by molar-refractivity contribution is 7.21. The number of ether oxygens (including phenoxy) is 1. The van der Waals surface area contributed by atoms with Gasteiger partial charge in [0.15, 0.2) is 0 Å². The van der Waals surface area contributed by atoms with E-state index in [0.717, 1.165) is 21.2 Å². The van der Waals surface area contributed by atoms with Crippen molar-refractivity contribution >= 4 is 27.4 Å². The van der Waals surface area contributed by atoms with Crippen LogP contribution in [0.3, 0.4) is 0 Å². The van der Waals surface area contributed by atoms with Gasteiger partial charge in [-0.1, -0.05) is 30.3 Å². The summed E-state index contributed by atoms with van der Waals surface area (Å²) in [6.07, 6.45) is 0. The molecule has 1 aromatic heterocycles. The topological polar surface area (TPSA) is 50.1 Å². The van der Waals surface area contributed by atoms with E-state index in [1.54, 1.807) is 24.3 Å². The minimum Gasteiger partial charge on any atom is -0.457 e. The predicted molar refractivity (Wildman–Crippen MR) is 86.8 cm³/mol. The second kappa shape index (κ2) is 6.00. The highest BCUT2D eigenvalue weighted by atomic mass is 32.1. The molecule has 0 aliphatic rings. The Morgan fingerprint density at radius 2 is 1.91 bits per heavy atom. The number of aryl methyl sites for hydroxylation is 1. The summed E-state index contributed by atoms with van der Waals surface area (Å²) in [5, 5.41) is 9.86.